The van der Waals surface area contributed by atoms with E-state index in [4.69, 9.17) is 32.0 Å². The zero-order valence-electron chi connectivity index (χ0n) is 20.4. The molecule has 36 heavy (non-hydrogen) atoms. The van der Waals surface area contributed by atoms with E-state index in [-0.39, 0.29) is 11.9 Å². The smallest absolute Gasteiger partial charge is 0.258 e. The Morgan fingerprint density at radius 1 is 1.19 bits per heavy atom. The van der Waals surface area contributed by atoms with E-state index in [0.717, 1.165) is 55.8 Å². The number of anilines is 2. The number of hydrogen-bond acceptors (Lipinski definition) is 8. The van der Waals surface area contributed by atoms with Crippen molar-refractivity contribution < 1.29 is 9.53 Å². The maximum atomic E-state index is 13.8. The molecule has 0 radical (unpaired) electrons. The van der Waals surface area contributed by atoms with E-state index in [1.165, 1.54) is 0 Å². The SMILES string of the molecule is CN1CCCCOc2ccc(Cl)cc2C(=O)N2CCCC[C@H]2c2cc3nc(NCCN=N)cc1n3n2. The van der Waals surface area contributed by atoms with Gasteiger partial charge in [-0.25, -0.2) is 10.5 Å². The van der Waals surface area contributed by atoms with Gasteiger partial charge in [-0.1, -0.05) is 11.6 Å². The molecule has 0 saturated carbocycles. The van der Waals surface area contributed by atoms with Gasteiger partial charge in [-0.15, -0.1) is 0 Å². The number of nitrogens with zero attached hydrogens (tertiary/aromatic N) is 6. The lowest BCUT2D eigenvalue weighted by molar-refractivity contribution is 0.0601. The van der Waals surface area contributed by atoms with Crippen LogP contribution in [0.4, 0.5) is 11.6 Å². The molecule has 2 aromatic heterocycles. The molecule has 10 nitrogen and oxygen atoms in total. The Morgan fingerprint density at radius 2 is 2.06 bits per heavy atom. The molecule has 2 bridgehead atoms. The molecule has 1 amide bonds. The molecule has 1 saturated heterocycles. The van der Waals surface area contributed by atoms with Crippen molar-refractivity contribution in [2.45, 2.75) is 38.1 Å². The minimum atomic E-state index is -0.165. The number of fused-ring (bicyclic) bond motifs is 4. The van der Waals surface area contributed by atoms with Gasteiger partial charge >= 0.3 is 0 Å². The first-order valence-electron chi connectivity index (χ1n) is 12.5. The first-order valence-corrected chi connectivity index (χ1v) is 12.9. The maximum Gasteiger partial charge on any atom is 0.258 e. The molecule has 0 unspecified atom stereocenters. The number of carbonyl (C=O) groups excluding carboxylic acids is 1. The van der Waals surface area contributed by atoms with Crippen LogP contribution < -0.4 is 15.0 Å². The first kappa shape index (κ1) is 24.3. The van der Waals surface area contributed by atoms with Gasteiger partial charge in [-0.05, 0) is 50.3 Å². The third-order valence-corrected chi connectivity index (χ3v) is 7.01. The fraction of sp³-hybridized carbons (Fsp3) is 0.480. The van der Waals surface area contributed by atoms with Gasteiger partial charge in [0, 0.05) is 43.8 Å². The zero-order valence-corrected chi connectivity index (χ0v) is 21.2. The van der Waals surface area contributed by atoms with Crippen LogP contribution in [0.15, 0.2) is 35.4 Å². The summed E-state index contributed by atoms with van der Waals surface area (Å²) in [5.41, 5.74) is 9.08. The van der Waals surface area contributed by atoms with Crippen LogP contribution in [-0.4, -0.2) is 65.2 Å². The average molecular weight is 511 g/mol. The normalized spacial score (nSPS) is 18.7. The average Bonchev–Trinajstić information content (AvgIpc) is 3.32. The highest BCUT2D eigenvalue weighted by molar-refractivity contribution is 6.31. The largest absolute Gasteiger partial charge is 0.493 e. The van der Waals surface area contributed by atoms with Crippen molar-refractivity contribution in [1.82, 2.24) is 19.5 Å². The summed E-state index contributed by atoms with van der Waals surface area (Å²) in [6.07, 6.45) is 4.52. The summed E-state index contributed by atoms with van der Waals surface area (Å²) < 4.78 is 7.94. The second kappa shape index (κ2) is 10.7. The van der Waals surface area contributed by atoms with Crippen molar-refractivity contribution in [3.8, 4) is 5.75 Å². The predicted molar refractivity (Wildman–Crippen MR) is 139 cm³/mol. The highest BCUT2D eigenvalue weighted by Crippen LogP contribution is 2.35. The Morgan fingerprint density at radius 3 is 2.92 bits per heavy atom. The summed E-state index contributed by atoms with van der Waals surface area (Å²) in [6.45, 7) is 2.88. The van der Waals surface area contributed by atoms with Crippen molar-refractivity contribution in [2.75, 3.05) is 50.1 Å². The van der Waals surface area contributed by atoms with Crippen LogP contribution in [-0.2, 0) is 0 Å². The van der Waals surface area contributed by atoms with Crippen LogP contribution in [0, 0.1) is 5.53 Å². The molecule has 1 atom stereocenters. The maximum absolute atomic E-state index is 13.8. The van der Waals surface area contributed by atoms with E-state index in [9.17, 15) is 4.79 Å². The Labute approximate surface area is 215 Å². The number of aromatic nitrogens is 3. The number of hydrogen-bond donors (Lipinski definition) is 2. The van der Waals surface area contributed by atoms with Crippen LogP contribution in [0.25, 0.3) is 5.65 Å². The van der Waals surface area contributed by atoms with Gasteiger partial charge in [-0.2, -0.15) is 14.7 Å². The summed E-state index contributed by atoms with van der Waals surface area (Å²) in [6, 6.07) is 9.06. The minimum Gasteiger partial charge on any atom is -0.493 e. The number of ether oxygens (including phenoxy) is 1. The van der Waals surface area contributed by atoms with Crippen LogP contribution in [0.1, 0.15) is 54.2 Å². The Kier molecular flexibility index (Phi) is 7.22. The molecular weight excluding hydrogens is 480 g/mol. The van der Waals surface area contributed by atoms with Crippen LogP contribution in [0.2, 0.25) is 5.02 Å². The Balaban J connectivity index is 1.59. The lowest BCUT2D eigenvalue weighted by Gasteiger charge is -2.35. The van der Waals surface area contributed by atoms with Gasteiger partial charge in [0.2, 0.25) is 0 Å². The molecule has 1 fully saturated rings. The van der Waals surface area contributed by atoms with E-state index in [1.807, 2.05) is 28.6 Å². The number of rotatable bonds is 4. The lowest BCUT2D eigenvalue weighted by atomic mass is 9.98. The number of benzene rings is 1. The molecule has 2 aliphatic heterocycles. The molecule has 2 N–H and O–H groups in total. The van der Waals surface area contributed by atoms with E-state index in [0.29, 0.717) is 48.4 Å². The number of halogens is 1. The summed E-state index contributed by atoms with van der Waals surface area (Å²) in [5, 5.41) is 12.2. The second-order valence-electron chi connectivity index (χ2n) is 9.28. The molecule has 5 rings (SSSR count). The molecule has 4 heterocycles. The molecule has 0 aliphatic carbocycles. The van der Waals surface area contributed by atoms with E-state index in [2.05, 4.69) is 15.3 Å². The summed E-state index contributed by atoms with van der Waals surface area (Å²) in [4.78, 5) is 22.7. The molecule has 190 valence electrons. The van der Waals surface area contributed by atoms with Crippen LogP contribution in [0.5, 0.6) is 5.75 Å². The van der Waals surface area contributed by atoms with Crippen molar-refractivity contribution in [1.29, 1.82) is 5.53 Å². The number of piperidine rings is 1. The standard InChI is InChI=1S/C25H31ClN8O2/c1-32-11-4-5-13-36-21-8-7-17(26)14-18(21)25(35)33-12-3-2-6-20(33)19-15-23-30-22(28-9-10-29-27)16-24(32)34(23)31-19/h7-8,14-16,20,27H,2-6,9-13H2,1H3,(H,28,30)/t20-/m0/s1. The zero-order chi connectivity index (χ0) is 25.1. The van der Waals surface area contributed by atoms with Crippen molar-refractivity contribution >= 4 is 34.8 Å². The van der Waals surface area contributed by atoms with Crippen LogP contribution in [0.3, 0.4) is 0 Å². The molecular formula is C25H31ClN8O2. The molecule has 11 heteroatoms. The quantitative estimate of drug-likeness (QED) is 0.385. The summed E-state index contributed by atoms with van der Waals surface area (Å²) in [5.74, 6) is 2.11. The summed E-state index contributed by atoms with van der Waals surface area (Å²) >= 11 is 6.30. The van der Waals surface area contributed by atoms with Crippen molar-refractivity contribution in [3.63, 3.8) is 0 Å². The van der Waals surface area contributed by atoms with E-state index < -0.39 is 0 Å². The Hall–Kier alpha value is -3.40. The van der Waals surface area contributed by atoms with Gasteiger partial charge in [-0.3, -0.25) is 4.79 Å². The third-order valence-electron chi connectivity index (χ3n) is 6.77. The summed E-state index contributed by atoms with van der Waals surface area (Å²) in [7, 11) is 2.05. The van der Waals surface area contributed by atoms with Gasteiger partial charge in [0.15, 0.2) is 5.65 Å². The number of amides is 1. The van der Waals surface area contributed by atoms with Crippen molar-refractivity contribution in [3.05, 3.63) is 46.6 Å². The third kappa shape index (κ3) is 4.95. The van der Waals surface area contributed by atoms with Crippen molar-refractivity contribution in [2.24, 2.45) is 5.11 Å². The highest BCUT2D eigenvalue weighted by Gasteiger charge is 2.32. The fourth-order valence-electron chi connectivity index (χ4n) is 4.92. The number of carbonyl (C=O) groups is 1. The molecule has 1 aromatic carbocycles. The van der Waals surface area contributed by atoms with E-state index >= 15 is 0 Å². The van der Waals surface area contributed by atoms with Gasteiger partial charge in [0.05, 0.1) is 30.5 Å². The van der Waals surface area contributed by atoms with Gasteiger partial charge in [0.25, 0.3) is 5.91 Å². The highest BCUT2D eigenvalue weighted by atomic mass is 35.5. The molecule has 2 aliphatic rings. The molecule has 0 spiro atoms. The molecule has 3 aromatic rings. The van der Waals surface area contributed by atoms with E-state index in [1.54, 1.807) is 18.2 Å². The fourth-order valence-corrected chi connectivity index (χ4v) is 5.09. The first-order chi connectivity index (χ1) is 17.5. The second-order valence-corrected chi connectivity index (χ2v) is 9.71. The number of nitrogens with one attached hydrogen (secondary N) is 2. The Bertz CT molecular complexity index is 1260. The van der Waals surface area contributed by atoms with Crippen LogP contribution >= 0.6 is 11.6 Å². The minimum absolute atomic E-state index is 0.0871. The monoisotopic (exact) mass is 510 g/mol. The van der Waals surface area contributed by atoms with Gasteiger partial charge in [0.1, 0.15) is 17.4 Å². The topological polar surface area (TPSA) is 111 Å². The predicted octanol–water partition coefficient (Wildman–Crippen LogP) is 4.80. The lowest BCUT2D eigenvalue weighted by Crippen LogP contribution is -2.39. The van der Waals surface area contributed by atoms with Gasteiger partial charge < -0.3 is 19.9 Å².